The summed E-state index contributed by atoms with van der Waals surface area (Å²) in [5.74, 6) is 1.84. The normalized spacial score (nSPS) is 21.0. The van der Waals surface area contributed by atoms with Crippen molar-refractivity contribution in [2.75, 3.05) is 31.6 Å². The highest BCUT2D eigenvalue weighted by Crippen LogP contribution is 2.29. The molecule has 1 saturated heterocycles. The van der Waals surface area contributed by atoms with Crippen LogP contribution in [0.25, 0.3) is 0 Å². The number of piperidine rings is 1. The summed E-state index contributed by atoms with van der Waals surface area (Å²) in [7, 11) is 0. The van der Waals surface area contributed by atoms with Crippen molar-refractivity contribution < 1.29 is 9.53 Å². The summed E-state index contributed by atoms with van der Waals surface area (Å²) in [4.78, 5) is 15.0. The van der Waals surface area contributed by atoms with Crippen LogP contribution in [0.15, 0.2) is 18.2 Å². The van der Waals surface area contributed by atoms with Gasteiger partial charge in [0.2, 0.25) is 0 Å². The maximum absolute atomic E-state index is 12.7. The minimum absolute atomic E-state index is 0.0416. The molecule has 0 aliphatic carbocycles. The Balaban J connectivity index is 1.72. The van der Waals surface area contributed by atoms with Gasteiger partial charge >= 0.3 is 0 Å². The molecular weight excluding hydrogens is 264 g/mol. The smallest absolute Gasteiger partial charge is 0.179 e. The molecule has 1 N–H and O–H groups in total. The SMILES string of the molecule is CC1CCN(C(C)C(=O)c2ccc3c(c2)NCCO3)CC1. The van der Waals surface area contributed by atoms with E-state index < -0.39 is 0 Å². The Kier molecular flexibility index (Phi) is 4.15. The minimum atomic E-state index is -0.0416. The molecule has 0 aromatic heterocycles. The maximum atomic E-state index is 12.7. The second-order valence-corrected chi connectivity index (χ2v) is 6.24. The molecule has 114 valence electrons. The van der Waals surface area contributed by atoms with Crippen molar-refractivity contribution in [2.24, 2.45) is 5.92 Å². The predicted molar refractivity (Wildman–Crippen MR) is 84.2 cm³/mol. The largest absolute Gasteiger partial charge is 0.490 e. The highest BCUT2D eigenvalue weighted by molar-refractivity contribution is 6.01. The number of anilines is 1. The van der Waals surface area contributed by atoms with Crippen LogP contribution < -0.4 is 10.1 Å². The van der Waals surface area contributed by atoms with E-state index in [2.05, 4.69) is 17.1 Å². The standard InChI is InChI=1S/C17H24N2O2/c1-12-5-8-19(9-6-12)13(2)17(20)14-3-4-16-15(11-14)18-7-10-21-16/h3-4,11-13,18H,5-10H2,1-2H3. The fourth-order valence-corrected chi connectivity index (χ4v) is 3.12. The monoisotopic (exact) mass is 288 g/mol. The van der Waals surface area contributed by atoms with Gasteiger partial charge in [-0.25, -0.2) is 0 Å². The van der Waals surface area contributed by atoms with Crippen molar-refractivity contribution in [1.29, 1.82) is 0 Å². The molecule has 1 unspecified atom stereocenters. The van der Waals surface area contributed by atoms with E-state index in [1.165, 1.54) is 12.8 Å². The van der Waals surface area contributed by atoms with Crippen LogP contribution in [0.3, 0.4) is 0 Å². The van der Waals surface area contributed by atoms with Crippen molar-refractivity contribution in [3.8, 4) is 5.75 Å². The lowest BCUT2D eigenvalue weighted by molar-refractivity contribution is 0.0779. The van der Waals surface area contributed by atoms with E-state index in [0.29, 0.717) is 6.61 Å². The summed E-state index contributed by atoms with van der Waals surface area (Å²) in [5.41, 5.74) is 1.71. The van der Waals surface area contributed by atoms with E-state index in [1.807, 2.05) is 25.1 Å². The van der Waals surface area contributed by atoms with Crippen LogP contribution in [0.4, 0.5) is 5.69 Å². The number of fused-ring (bicyclic) bond motifs is 1. The number of nitrogens with zero attached hydrogens (tertiary/aromatic N) is 1. The van der Waals surface area contributed by atoms with E-state index in [4.69, 9.17) is 4.74 Å². The Morgan fingerprint density at radius 3 is 2.90 bits per heavy atom. The van der Waals surface area contributed by atoms with Crippen molar-refractivity contribution in [2.45, 2.75) is 32.7 Å². The number of likely N-dealkylation sites (tertiary alicyclic amines) is 1. The third-order valence-electron chi connectivity index (χ3n) is 4.68. The molecule has 0 amide bonds. The van der Waals surface area contributed by atoms with Crippen molar-refractivity contribution in [1.82, 2.24) is 4.90 Å². The number of Topliss-reactive ketones (excluding diaryl/α,β-unsaturated/α-hetero) is 1. The number of nitrogens with one attached hydrogen (secondary N) is 1. The molecule has 0 radical (unpaired) electrons. The Labute approximate surface area is 126 Å². The number of rotatable bonds is 3. The Hall–Kier alpha value is -1.55. The molecule has 2 heterocycles. The van der Waals surface area contributed by atoms with Gasteiger partial charge < -0.3 is 10.1 Å². The zero-order chi connectivity index (χ0) is 14.8. The van der Waals surface area contributed by atoms with Crippen LogP contribution in [0.1, 0.15) is 37.0 Å². The first kappa shape index (κ1) is 14.4. The van der Waals surface area contributed by atoms with E-state index in [-0.39, 0.29) is 11.8 Å². The number of benzene rings is 1. The average Bonchev–Trinajstić information content (AvgIpc) is 2.54. The molecule has 0 bridgehead atoms. The lowest BCUT2D eigenvalue weighted by atomic mass is 9.96. The number of hydrogen-bond acceptors (Lipinski definition) is 4. The van der Waals surface area contributed by atoms with Gasteiger partial charge in [0.05, 0.1) is 11.7 Å². The quantitative estimate of drug-likeness (QED) is 0.868. The molecule has 1 aromatic rings. The summed E-state index contributed by atoms with van der Waals surface area (Å²) in [6, 6.07) is 5.68. The predicted octanol–water partition coefficient (Wildman–Crippen LogP) is 2.79. The van der Waals surface area contributed by atoms with Gasteiger partial charge in [-0.05, 0) is 57.0 Å². The zero-order valence-electron chi connectivity index (χ0n) is 12.9. The highest BCUT2D eigenvalue weighted by atomic mass is 16.5. The molecular formula is C17H24N2O2. The van der Waals surface area contributed by atoms with Gasteiger partial charge in [0.25, 0.3) is 0 Å². The molecule has 0 saturated carbocycles. The molecule has 1 atom stereocenters. The highest BCUT2D eigenvalue weighted by Gasteiger charge is 2.26. The second-order valence-electron chi connectivity index (χ2n) is 6.24. The van der Waals surface area contributed by atoms with Gasteiger partial charge in [-0.15, -0.1) is 0 Å². The van der Waals surface area contributed by atoms with E-state index in [1.54, 1.807) is 0 Å². The van der Waals surface area contributed by atoms with Crippen molar-refractivity contribution in [3.63, 3.8) is 0 Å². The lowest BCUT2D eigenvalue weighted by Crippen LogP contribution is -2.43. The Bertz CT molecular complexity index is 522. The van der Waals surface area contributed by atoms with Crippen molar-refractivity contribution >= 4 is 11.5 Å². The first-order chi connectivity index (χ1) is 10.1. The maximum Gasteiger partial charge on any atom is 0.179 e. The first-order valence-corrected chi connectivity index (χ1v) is 7.94. The summed E-state index contributed by atoms with van der Waals surface area (Å²) in [5, 5.41) is 3.29. The summed E-state index contributed by atoms with van der Waals surface area (Å²) < 4.78 is 5.56. The average molecular weight is 288 g/mol. The third kappa shape index (κ3) is 3.05. The first-order valence-electron chi connectivity index (χ1n) is 7.94. The van der Waals surface area contributed by atoms with Crippen LogP contribution in [-0.2, 0) is 0 Å². The topological polar surface area (TPSA) is 41.6 Å². The minimum Gasteiger partial charge on any atom is -0.490 e. The van der Waals surface area contributed by atoms with Crippen LogP contribution >= 0.6 is 0 Å². The third-order valence-corrected chi connectivity index (χ3v) is 4.68. The van der Waals surface area contributed by atoms with Crippen LogP contribution in [0.2, 0.25) is 0 Å². The van der Waals surface area contributed by atoms with E-state index in [9.17, 15) is 4.79 Å². The molecule has 2 aliphatic rings. The molecule has 4 heteroatoms. The molecule has 21 heavy (non-hydrogen) atoms. The fourth-order valence-electron chi connectivity index (χ4n) is 3.12. The molecule has 0 spiro atoms. The van der Waals surface area contributed by atoms with Crippen LogP contribution in [0.5, 0.6) is 5.75 Å². The number of hydrogen-bond donors (Lipinski definition) is 1. The number of ketones is 1. The second kappa shape index (κ2) is 6.06. The van der Waals surface area contributed by atoms with Crippen molar-refractivity contribution in [3.05, 3.63) is 23.8 Å². The molecule has 1 aromatic carbocycles. The summed E-state index contributed by atoms with van der Waals surface area (Å²) in [6.45, 7) is 7.86. The molecule has 4 nitrogen and oxygen atoms in total. The number of carbonyl (C=O) groups excluding carboxylic acids is 1. The lowest BCUT2D eigenvalue weighted by Gasteiger charge is -2.34. The van der Waals surface area contributed by atoms with E-state index in [0.717, 1.165) is 42.6 Å². The summed E-state index contributed by atoms with van der Waals surface area (Å²) in [6.07, 6.45) is 2.38. The van der Waals surface area contributed by atoms with Gasteiger partial charge in [-0.1, -0.05) is 6.92 Å². The Morgan fingerprint density at radius 1 is 1.38 bits per heavy atom. The molecule has 1 fully saturated rings. The van der Waals surface area contributed by atoms with Gasteiger partial charge in [0.1, 0.15) is 12.4 Å². The van der Waals surface area contributed by atoms with Gasteiger partial charge in [0.15, 0.2) is 5.78 Å². The van der Waals surface area contributed by atoms with Crippen LogP contribution in [-0.4, -0.2) is 43.0 Å². The summed E-state index contributed by atoms with van der Waals surface area (Å²) >= 11 is 0. The van der Waals surface area contributed by atoms with Gasteiger partial charge in [0, 0.05) is 12.1 Å². The van der Waals surface area contributed by atoms with Crippen LogP contribution in [0, 0.1) is 5.92 Å². The fraction of sp³-hybridized carbons (Fsp3) is 0.588. The van der Waals surface area contributed by atoms with E-state index >= 15 is 0 Å². The Morgan fingerprint density at radius 2 is 2.14 bits per heavy atom. The zero-order valence-corrected chi connectivity index (χ0v) is 12.9. The van der Waals surface area contributed by atoms with Gasteiger partial charge in [-0.2, -0.15) is 0 Å². The number of carbonyl (C=O) groups is 1. The molecule has 3 rings (SSSR count). The molecule has 2 aliphatic heterocycles. The van der Waals surface area contributed by atoms with Gasteiger partial charge in [-0.3, -0.25) is 9.69 Å². The number of ether oxygens (including phenoxy) is 1.